The lowest BCUT2D eigenvalue weighted by Gasteiger charge is -2.19. The highest BCUT2D eigenvalue weighted by Gasteiger charge is 2.44. The molecule has 0 radical (unpaired) electrons. The van der Waals surface area contributed by atoms with Crippen LogP contribution in [0.2, 0.25) is 0 Å². The first-order chi connectivity index (χ1) is 6.61. The van der Waals surface area contributed by atoms with Gasteiger partial charge in [0.1, 0.15) is 0 Å². The zero-order valence-electron chi connectivity index (χ0n) is 8.25. The van der Waals surface area contributed by atoms with Gasteiger partial charge >= 0.3 is 0 Å². The number of fused-ring (bicyclic) bond motifs is 1. The first-order valence-electron chi connectivity index (χ1n) is 4.55. The zero-order chi connectivity index (χ0) is 10.3. The van der Waals surface area contributed by atoms with E-state index >= 15 is 0 Å². The number of anilines is 1. The molecule has 1 unspecified atom stereocenters. The molecule has 1 aliphatic rings. The number of benzene rings is 1. The van der Waals surface area contributed by atoms with Crippen LogP contribution in [0.15, 0.2) is 24.3 Å². The van der Waals surface area contributed by atoms with Crippen molar-refractivity contribution >= 4 is 27.5 Å². The molecule has 1 heterocycles. The molecule has 2 rings (SSSR count). The van der Waals surface area contributed by atoms with Crippen LogP contribution in [0.4, 0.5) is 5.69 Å². The summed E-state index contributed by atoms with van der Waals surface area (Å²) in [5.41, 5.74) is 1.74. The third kappa shape index (κ3) is 1.05. The first-order valence-corrected chi connectivity index (χ1v) is 5.67. The minimum Gasteiger partial charge on any atom is -0.314 e. The van der Waals surface area contributed by atoms with Crippen molar-refractivity contribution in [3.8, 4) is 0 Å². The van der Waals surface area contributed by atoms with E-state index in [0.717, 1.165) is 11.3 Å². The number of alkyl halides is 1. The summed E-state index contributed by atoms with van der Waals surface area (Å²) in [4.78, 5) is 13.7. The van der Waals surface area contributed by atoms with Gasteiger partial charge in [-0.25, -0.2) is 0 Å². The van der Waals surface area contributed by atoms with Gasteiger partial charge in [-0.1, -0.05) is 34.1 Å². The van der Waals surface area contributed by atoms with E-state index < -0.39 is 5.41 Å². The molecule has 0 fully saturated rings. The van der Waals surface area contributed by atoms with Gasteiger partial charge in [0.15, 0.2) is 0 Å². The van der Waals surface area contributed by atoms with Crippen molar-refractivity contribution in [2.75, 3.05) is 17.3 Å². The Bertz CT molecular complexity index is 391. The van der Waals surface area contributed by atoms with Crippen LogP contribution in [0.3, 0.4) is 0 Å². The fourth-order valence-electron chi connectivity index (χ4n) is 1.96. The van der Waals surface area contributed by atoms with Gasteiger partial charge < -0.3 is 4.90 Å². The van der Waals surface area contributed by atoms with E-state index in [9.17, 15) is 4.79 Å². The van der Waals surface area contributed by atoms with E-state index in [1.54, 1.807) is 4.90 Å². The second-order valence-electron chi connectivity index (χ2n) is 3.85. The lowest BCUT2D eigenvalue weighted by molar-refractivity contribution is -0.121. The molecule has 0 aromatic heterocycles. The van der Waals surface area contributed by atoms with E-state index in [1.165, 1.54) is 0 Å². The Kier molecular flexibility index (Phi) is 2.14. The van der Waals surface area contributed by atoms with Crippen LogP contribution in [0.1, 0.15) is 12.5 Å². The number of likely N-dealkylation sites (N-methyl/N-ethyl adjacent to an activating group) is 1. The van der Waals surface area contributed by atoms with Crippen molar-refractivity contribution in [1.29, 1.82) is 0 Å². The average molecular weight is 254 g/mol. The highest BCUT2D eigenvalue weighted by molar-refractivity contribution is 9.09. The predicted octanol–water partition coefficient (Wildman–Crippen LogP) is 2.32. The quantitative estimate of drug-likeness (QED) is 0.704. The van der Waals surface area contributed by atoms with Crippen molar-refractivity contribution in [2.24, 2.45) is 0 Å². The maximum absolute atomic E-state index is 12.0. The Labute approximate surface area is 92.0 Å². The molecular weight excluding hydrogens is 242 g/mol. The van der Waals surface area contributed by atoms with Gasteiger partial charge in [0.2, 0.25) is 5.91 Å². The lowest BCUT2D eigenvalue weighted by Crippen LogP contribution is -2.37. The van der Waals surface area contributed by atoms with Gasteiger partial charge in [0.05, 0.1) is 5.41 Å². The molecule has 1 aromatic carbocycles. The molecule has 1 aliphatic heterocycles. The normalized spacial score (nSPS) is 25.4. The molecule has 74 valence electrons. The van der Waals surface area contributed by atoms with Crippen LogP contribution in [-0.2, 0) is 10.2 Å². The third-order valence-corrected chi connectivity index (χ3v) is 4.03. The van der Waals surface area contributed by atoms with E-state index in [0.29, 0.717) is 5.33 Å². The van der Waals surface area contributed by atoms with Crippen molar-refractivity contribution in [1.82, 2.24) is 0 Å². The zero-order valence-corrected chi connectivity index (χ0v) is 9.84. The number of hydrogen-bond acceptors (Lipinski definition) is 1. The van der Waals surface area contributed by atoms with Crippen molar-refractivity contribution < 1.29 is 4.79 Å². The SMILES string of the molecule is CN1C(=O)C(C)(CBr)c2ccccc21. The van der Waals surface area contributed by atoms with E-state index in [2.05, 4.69) is 15.9 Å². The topological polar surface area (TPSA) is 20.3 Å². The number of carbonyl (C=O) groups excluding carboxylic acids is 1. The van der Waals surface area contributed by atoms with Gasteiger partial charge in [-0.2, -0.15) is 0 Å². The number of hydrogen-bond donors (Lipinski definition) is 0. The lowest BCUT2D eigenvalue weighted by atomic mass is 9.86. The average Bonchev–Trinajstić information content (AvgIpc) is 2.43. The molecule has 0 saturated carbocycles. The molecule has 14 heavy (non-hydrogen) atoms. The van der Waals surface area contributed by atoms with Gasteiger partial charge in [0.25, 0.3) is 0 Å². The van der Waals surface area contributed by atoms with Gasteiger partial charge in [0, 0.05) is 18.1 Å². The van der Waals surface area contributed by atoms with Gasteiger partial charge in [-0.15, -0.1) is 0 Å². The highest BCUT2D eigenvalue weighted by atomic mass is 79.9. The molecule has 1 amide bonds. The monoisotopic (exact) mass is 253 g/mol. The number of amides is 1. The van der Waals surface area contributed by atoms with Crippen LogP contribution in [0, 0.1) is 0 Å². The molecular formula is C11H12BrNO. The number of para-hydroxylation sites is 1. The molecule has 0 saturated heterocycles. The molecule has 1 atom stereocenters. The molecule has 0 N–H and O–H groups in total. The minimum atomic E-state index is -0.397. The number of carbonyl (C=O) groups is 1. The summed E-state index contributed by atoms with van der Waals surface area (Å²) in [5, 5.41) is 0.667. The molecule has 0 aliphatic carbocycles. The Hall–Kier alpha value is -0.830. The van der Waals surface area contributed by atoms with Crippen LogP contribution in [0.5, 0.6) is 0 Å². The smallest absolute Gasteiger partial charge is 0.238 e. The van der Waals surface area contributed by atoms with E-state index in [-0.39, 0.29) is 5.91 Å². The fourth-order valence-corrected chi connectivity index (χ4v) is 2.50. The van der Waals surface area contributed by atoms with Crippen LogP contribution in [0.25, 0.3) is 0 Å². The van der Waals surface area contributed by atoms with E-state index in [1.807, 2.05) is 38.2 Å². The molecule has 0 bridgehead atoms. The molecule has 1 aromatic rings. The molecule has 3 heteroatoms. The number of halogens is 1. The Morgan fingerprint density at radius 2 is 2.07 bits per heavy atom. The van der Waals surface area contributed by atoms with Crippen molar-refractivity contribution in [3.05, 3.63) is 29.8 Å². The van der Waals surface area contributed by atoms with Crippen LogP contribution in [-0.4, -0.2) is 18.3 Å². The second kappa shape index (κ2) is 3.09. The van der Waals surface area contributed by atoms with Gasteiger partial charge in [-0.3, -0.25) is 4.79 Å². The first kappa shape index (κ1) is 9.71. The highest BCUT2D eigenvalue weighted by Crippen LogP contribution is 2.41. The predicted molar refractivity (Wildman–Crippen MR) is 61.0 cm³/mol. The van der Waals surface area contributed by atoms with Crippen molar-refractivity contribution in [3.63, 3.8) is 0 Å². The molecule has 0 spiro atoms. The summed E-state index contributed by atoms with van der Waals surface area (Å²) in [7, 11) is 1.83. The summed E-state index contributed by atoms with van der Waals surface area (Å²) in [6.07, 6.45) is 0. The second-order valence-corrected chi connectivity index (χ2v) is 4.41. The molecule has 2 nitrogen and oxygen atoms in total. The van der Waals surface area contributed by atoms with Gasteiger partial charge in [-0.05, 0) is 18.6 Å². The largest absolute Gasteiger partial charge is 0.314 e. The number of nitrogens with zero attached hydrogens (tertiary/aromatic N) is 1. The third-order valence-electron chi connectivity index (χ3n) is 2.90. The maximum Gasteiger partial charge on any atom is 0.238 e. The Morgan fingerprint density at radius 1 is 1.43 bits per heavy atom. The standard InChI is InChI=1S/C11H12BrNO/c1-11(7-12)8-5-3-4-6-9(8)13(2)10(11)14/h3-6H,7H2,1-2H3. The van der Waals surface area contributed by atoms with E-state index in [4.69, 9.17) is 0 Å². The Balaban J connectivity index is 2.65. The minimum absolute atomic E-state index is 0.163. The summed E-state index contributed by atoms with van der Waals surface area (Å²) < 4.78 is 0. The summed E-state index contributed by atoms with van der Waals surface area (Å²) >= 11 is 3.42. The van der Waals surface area contributed by atoms with Crippen LogP contribution < -0.4 is 4.90 Å². The summed E-state index contributed by atoms with van der Waals surface area (Å²) in [6.45, 7) is 1.98. The summed E-state index contributed by atoms with van der Waals surface area (Å²) in [5.74, 6) is 0.163. The number of rotatable bonds is 1. The Morgan fingerprint density at radius 3 is 2.71 bits per heavy atom. The maximum atomic E-state index is 12.0. The summed E-state index contributed by atoms with van der Waals surface area (Å²) in [6, 6.07) is 7.95. The van der Waals surface area contributed by atoms with Crippen molar-refractivity contribution in [2.45, 2.75) is 12.3 Å². The fraction of sp³-hybridized carbons (Fsp3) is 0.364. The van der Waals surface area contributed by atoms with Crippen LogP contribution >= 0.6 is 15.9 Å².